The van der Waals surface area contributed by atoms with Crippen LogP contribution >= 0.6 is 30.2 Å². The van der Waals surface area contributed by atoms with Gasteiger partial charge in [0.2, 0.25) is 0 Å². The van der Waals surface area contributed by atoms with Gasteiger partial charge in [-0.25, -0.2) is 0 Å². The first-order chi connectivity index (χ1) is 14.3. The first-order valence-electron chi connectivity index (χ1n) is 10.6. The van der Waals surface area contributed by atoms with Crippen LogP contribution in [0.5, 0.6) is 5.75 Å². The van der Waals surface area contributed by atoms with Gasteiger partial charge in [-0.3, -0.25) is 4.57 Å². The number of ether oxygens (including phenoxy) is 1. The van der Waals surface area contributed by atoms with Crippen molar-refractivity contribution in [2.45, 2.75) is 52.5 Å². The van der Waals surface area contributed by atoms with Crippen LogP contribution < -0.4 is 10.1 Å². The third kappa shape index (κ3) is 9.06. The molecule has 0 amide bonds. The fraction of sp³-hybridized carbons (Fsp3) is 0.478. The van der Waals surface area contributed by atoms with Crippen molar-refractivity contribution >= 4 is 30.2 Å². The first-order valence-corrected chi connectivity index (χ1v) is 13.5. The number of nitrogens with one attached hydrogen (secondary N) is 1. The molecular weight excluding hydrogens is 512 g/mol. The van der Waals surface area contributed by atoms with Gasteiger partial charge < -0.3 is 19.8 Å². The standard InChI is InChI=1S/C23H33INO4P/c1-3-4-5-6-13-29-23-18(2)15-21(16-22(23)24)20-10-8-19(9-11-20)17-25-12-7-14-30(26,27)28/h8-11,15-16,25H,3-7,12-14,17H2,1-2H3,(H2,26,27,28). The summed E-state index contributed by atoms with van der Waals surface area (Å²) in [5.74, 6) is 0.993. The lowest BCUT2D eigenvalue weighted by Crippen LogP contribution is -2.15. The minimum Gasteiger partial charge on any atom is -0.492 e. The van der Waals surface area contributed by atoms with Crippen LogP contribution in [0.3, 0.4) is 0 Å². The highest BCUT2D eigenvalue weighted by atomic mass is 127. The summed E-state index contributed by atoms with van der Waals surface area (Å²) in [6, 6.07) is 12.8. The number of hydrogen-bond acceptors (Lipinski definition) is 3. The van der Waals surface area contributed by atoms with Crippen molar-refractivity contribution in [1.29, 1.82) is 0 Å². The molecule has 0 radical (unpaired) electrons. The van der Waals surface area contributed by atoms with Crippen LogP contribution in [0, 0.1) is 10.5 Å². The molecule has 3 N–H and O–H groups in total. The maximum atomic E-state index is 10.9. The zero-order valence-corrected chi connectivity index (χ0v) is 20.9. The van der Waals surface area contributed by atoms with E-state index in [-0.39, 0.29) is 6.16 Å². The van der Waals surface area contributed by atoms with E-state index in [1.54, 1.807) is 0 Å². The summed E-state index contributed by atoms with van der Waals surface area (Å²) >= 11 is 2.35. The molecule has 5 nitrogen and oxygen atoms in total. The monoisotopic (exact) mass is 545 g/mol. The molecule has 0 atom stereocenters. The quantitative estimate of drug-likeness (QED) is 0.166. The average Bonchev–Trinajstić information content (AvgIpc) is 2.69. The molecule has 2 rings (SSSR count). The Kier molecular flexibility index (Phi) is 10.8. The van der Waals surface area contributed by atoms with Gasteiger partial charge in [-0.1, -0.05) is 50.5 Å². The molecule has 0 aliphatic heterocycles. The predicted molar refractivity (Wildman–Crippen MR) is 132 cm³/mol. The molecule has 7 heteroatoms. The van der Waals surface area contributed by atoms with Crippen molar-refractivity contribution in [3.63, 3.8) is 0 Å². The van der Waals surface area contributed by atoms with Crippen LogP contribution in [0.15, 0.2) is 36.4 Å². The zero-order chi connectivity index (χ0) is 22.0. The summed E-state index contributed by atoms with van der Waals surface area (Å²) in [5, 5.41) is 3.23. The molecule has 0 aliphatic rings. The Morgan fingerprint density at radius 3 is 2.40 bits per heavy atom. The van der Waals surface area contributed by atoms with Crippen LogP contribution in [0.2, 0.25) is 0 Å². The van der Waals surface area contributed by atoms with Crippen molar-refractivity contribution in [1.82, 2.24) is 5.32 Å². The Labute approximate surface area is 193 Å². The fourth-order valence-corrected chi connectivity index (χ4v) is 4.73. The Morgan fingerprint density at radius 1 is 1.03 bits per heavy atom. The van der Waals surface area contributed by atoms with Gasteiger partial charge in [-0.15, -0.1) is 0 Å². The molecule has 0 unspecified atom stereocenters. The molecule has 0 spiro atoms. The normalized spacial score (nSPS) is 11.6. The Morgan fingerprint density at radius 2 is 1.77 bits per heavy atom. The van der Waals surface area contributed by atoms with Crippen molar-refractivity contribution < 1.29 is 19.1 Å². The van der Waals surface area contributed by atoms with Gasteiger partial charge in [0.25, 0.3) is 0 Å². The average molecular weight is 545 g/mol. The second kappa shape index (κ2) is 12.8. The minimum atomic E-state index is -3.89. The summed E-state index contributed by atoms with van der Waals surface area (Å²) in [7, 11) is -3.89. The molecule has 0 bridgehead atoms. The number of unbranched alkanes of at least 4 members (excludes halogenated alkanes) is 3. The summed E-state index contributed by atoms with van der Waals surface area (Å²) in [4.78, 5) is 17.8. The Hall–Kier alpha value is -0.920. The van der Waals surface area contributed by atoms with Gasteiger partial charge >= 0.3 is 7.60 Å². The molecule has 0 aliphatic carbocycles. The van der Waals surface area contributed by atoms with Crippen LogP contribution in [-0.4, -0.2) is 29.1 Å². The van der Waals surface area contributed by atoms with E-state index in [1.165, 1.54) is 24.8 Å². The van der Waals surface area contributed by atoms with Crippen molar-refractivity contribution in [3.05, 3.63) is 51.1 Å². The van der Waals surface area contributed by atoms with E-state index in [1.807, 2.05) is 0 Å². The van der Waals surface area contributed by atoms with Gasteiger partial charge in [0.1, 0.15) is 5.75 Å². The number of benzene rings is 2. The number of aryl methyl sites for hydroxylation is 1. The van der Waals surface area contributed by atoms with Crippen molar-refractivity contribution in [3.8, 4) is 16.9 Å². The van der Waals surface area contributed by atoms with E-state index in [2.05, 4.69) is 78.2 Å². The summed E-state index contributed by atoms with van der Waals surface area (Å²) < 4.78 is 18.0. The van der Waals surface area contributed by atoms with Gasteiger partial charge in [0, 0.05) is 6.54 Å². The highest BCUT2D eigenvalue weighted by Crippen LogP contribution is 2.34. The number of hydrogen-bond donors (Lipinski definition) is 3. The Balaban J connectivity index is 1.90. The highest BCUT2D eigenvalue weighted by molar-refractivity contribution is 14.1. The third-order valence-electron chi connectivity index (χ3n) is 4.89. The molecule has 0 aromatic heterocycles. The van der Waals surface area contributed by atoms with Crippen LogP contribution in [0.4, 0.5) is 0 Å². The molecule has 166 valence electrons. The van der Waals surface area contributed by atoms with E-state index in [4.69, 9.17) is 14.5 Å². The lowest BCUT2D eigenvalue weighted by molar-refractivity contribution is 0.301. The minimum absolute atomic E-state index is 0.0740. The molecule has 0 saturated carbocycles. The maximum Gasteiger partial charge on any atom is 0.325 e. The molecule has 30 heavy (non-hydrogen) atoms. The maximum absolute atomic E-state index is 10.9. The summed E-state index contributed by atoms with van der Waals surface area (Å²) in [6.07, 6.45) is 5.20. The predicted octanol–water partition coefficient (Wildman–Crippen LogP) is 5.88. The van der Waals surface area contributed by atoms with Crippen molar-refractivity contribution in [2.24, 2.45) is 0 Å². The smallest absolute Gasteiger partial charge is 0.325 e. The summed E-state index contributed by atoms with van der Waals surface area (Å²) in [5.41, 5.74) is 4.64. The van der Waals surface area contributed by atoms with Gasteiger partial charge in [0.15, 0.2) is 0 Å². The first kappa shape index (κ1) is 25.3. The number of rotatable bonds is 13. The van der Waals surface area contributed by atoms with Gasteiger partial charge in [0.05, 0.1) is 16.3 Å². The molecular formula is C23H33INO4P. The van der Waals surface area contributed by atoms with Crippen molar-refractivity contribution in [2.75, 3.05) is 19.3 Å². The van der Waals surface area contributed by atoms with E-state index in [0.29, 0.717) is 19.5 Å². The lowest BCUT2D eigenvalue weighted by Gasteiger charge is -2.14. The van der Waals surface area contributed by atoms with E-state index < -0.39 is 7.60 Å². The summed E-state index contributed by atoms with van der Waals surface area (Å²) in [6.45, 7) is 6.35. The third-order valence-corrected chi connectivity index (χ3v) is 6.59. The lowest BCUT2D eigenvalue weighted by atomic mass is 10.0. The molecule has 0 heterocycles. The van der Waals surface area contributed by atoms with Gasteiger partial charge in [-0.05, 0) is 83.3 Å². The van der Waals surface area contributed by atoms with E-state index in [0.717, 1.165) is 39.0 Å². The van der Waals surface area contributed by atoms with Crippen LogP contribution in [0.25, 0.3) is 11.1 Å². The largest absolute Gasteiger partial charge is 0.492 e. The second-order valence-electron chi connectivity index (χ2n) is 7.63. The molecule has 2 aromatic rings. The SMILES string of the molecule is CCCCCCOc1c(C)cc(-c2ccc(CNCCCP(=O)(O)O)cc2)cc1I. The van der Waals surface area contributed by atoms with E-state index >= 15 is 0 Å². The topological polar surface area (TPSA) is 78.8 Å². The second-order valence-corrected chi connectivity index (χ2v) is 10.6. The van der Waals surface area contributed by atoms with Gasteiger partial charge in [-0.2, -0.15) is 0 Å². The molecule has 2 aromatic carbocycles. The fourth-order valence-electron chi connectivity index (χ4n) is 3.24. The number of halogens is 1. The molecule has 0 saturated heterocycles. The van der Waals surface area contributed by atoms with Crippen LogP contribution in [-0.2, 0) is 11.1 Å². The zero-order valence-electron chi connectivity index (χ0n) is 17.9. The van der Waals surface area contributed by atoms with Crippen LogP contribution in [0.1, 0.15) is 50.2 Å². The Bertz CT molecular complexity index is 813. The van der Waals surface area contributed by atoms with E-state index in [9.17, 15) is 4.57 Å². The molecule has 0 fully saturated rings. The highest BCUT2D eigenvalue weighted by Gasteiger charge is 2.11.